The number of rotatable bonds is 50. The first-order valence-electron chi connectivity index (χ1n) is 26.4. The van der Waals surface area contributed by atoms with Gasteiger partial charge in [0.1, 0.15) is 6.10 Å². The highest BCUT2D eigenvalue weighted by molar-refractivity contribution is 7.47. The third-order valence-corrected chi connectivity index (χ3v) is 12.1. The summed E-state index contributed by atoms with van der Waals surface area (Å²) >= 11 is 0. The highest BCUT2D eigenvalue weighted by atomic mass is 31.2. The molecular formula is C55H100NO7P. The summed E-state index contributed by atoms with van der Waals surface area (Å²) in [5.41, 5.74) is 5.39. The van der Waals surface area contributed by atoms with Crippen molar-refractivity contribution in [3.63, 3.8) is 0 Å². The Balaban J connectivity index is 3.97. The molecule has 0 aromatic rings. The van der Waals surface area contributed by atoms with Crippen LogP contribution in [0.1, 0.15) is 232 Å². The van der Waals surface area contributed by atoms with Crippen molar-refractivity contribution in [2.75, 3.05) is 33.0 Å². The van der Waals surface area contributed by atoms with Crippen molar-refractivity contribution in [1.29, 1.82) is 0 Å². The molecule has 0 aromatic heterocycles. The molecule has 0 aromatic carbocycles. The number of phosphoric ester groups is 1. The van der Waals surface area contributed by atoms with E-state index in [0.717, 1.165) is 77.0 Å². The van der Waals surface area contributed by atoms with Crippen LogP contribution in [-0.4, -0.2) is 49.9 Å². The van der Waals surface area contributed by atoms with E-state index in [4.69, 9.17) is 24.3 Å². The van der Waals surface area contributed by atoms with Crippen molar-refractivity contribution < 1.29 is 32.8 Å². The molecular weight excluding hydrogens is 818 g/mol. The maximum atomic E-state index is 12.7. The van der Waals surface area contributed by atoms with Crippen molar-refractivity contribution in [2.24, 2.45) is 5.73 Å². The fourth-order valence-corrected chi connectivity index (χ4v) is 8.02. The summed E-state index contributed by atoms with van der Waals surface area (Å²) in [4.78, 5) is 22.6. The van der Waals surface area contributed by atoms with Gasteiger partial charge in [-0.15, -0.1) is 0 Å². The minimum atomic E-state index is -4.29. The average Bonchev–Trinajstić information content (AvgIpc) is 3.29. The molecule has 0 spiro atoms. The molecule has 8 nitrogen and oxygen atoms in total. The van der Waals surface area contributed by atoms with Crippen LogP contribution < -0.4 is 5.73 Å². The third kappa shape index (κ3) is 50.9. The van der Waals surface area contributed by atoms with E-state index in [9.17, 15) is 14.3 Å². The van der Waals surface area contributed by atoms with Crippen LogP contribution in [0.5, 0.6) is 0 Å². The number of unbranched alkanes of at least 4 members (excludes halogenated alkanes) is 25. The van der Waals surface area contributed by atoms with Crippen LogP contribution in [0.25, 0.3) is 0 Å². The molecule has 0 heterocycles. The van der Waals surface area contributed by atoms with Crippen molar-refractivity contribution in [3.05, 3.63) is 72.9 Å². The Bertz CT molecular complexity index is 1210. The minimum Gasteiger partial charge on any atom is -0.457 e. The van der Waals surface area contributed by atoms with Crippen molar-refractivity contribution in [3.8, 4) is 0 Å². The van der Waals surface area contributed by atoms with Crippen molar-refractivity contribution in [2.45, 2.75) is 238 Å². The highest BCUT2D eigenvalue weighted by Gasteiger charge is 2.25. The van der Waals surface area contributed by atoms with Crippen molar-refractivity contribution >= 4 is 13.8 Å². The SMILES string of the molecule is CC/C=C\C/C=C\C/C=C\C/C=C\C/C=C\CCCCCCCCOCC(COP(=O)(O)OCCN)OC(=O)CCCCCCCCCCCCC/C=C\CCCCCCCCCC. The summed E-state index contributed by atoms with van der Waals surface area (Å²) in [7, 11) is -4.29. The summed E-state index contributed by atoms with van der Waals surface area (Å²) in [5.74, 6) is -0.337. The summed E-state index contributed by atoms with van der Waals surface area (Å²) < 4.78 is 33.6. The van der Waals surface area contributed by atoms with Crippen LogP contribution in [0.4, 0.5) is 0 Å². The van der Waals surface area contributed by atoms with Gasteiger partial charge in [-0.05, 0) is 83.5 Å². The first-order valence-corrected chi connectivity index (χ1v) is 27.9. The quantitative estimate of drug-likeness (QED) is 0.0268. The van der Waals surface area contributed by atoms with Crippen LogP contribution in [-0.2, 0) is 27.9 Å². The molecule has 0 saturated heterocycles. The average molecular weight is 918 g/mol. The Morgan fingerprint density at radius 1 is 0.484 bits per heavy atom. The van der Waals surface area contributed by atoms with Crippen LogP contribution in [0.15, 0.2) is 72.9 Å². The fraction of sp³-hybridized carbons (Fsp3) is 0.764. The van der Waals surface area contributed by atoms with Gasteiger partial charge in [0.2, 0.25) is 0 Å². The van der Waals surface area contributed by atoms with Gasteiger partial charge in [-0.25, -0.2) is 4.57 Å². The lowest BCUT2D eigenvalue weighted by molar-refractivity contribution is -0.154. The fourth-order valence-electron chi connectivity index (χ4n) is 7.25. The molecule has 0 aliphatic heterocycles. The summed E-state index contributed by atoms with van der Waals surface area (Å²) in [6.07, 6.45) is 66.5. The summed E-state index contributed by atoms with van der Waals surface area (Å²) in [6, 6.07) is 0. The largest absolute Gasteiger partial charge is 0.472 e. The van der Waals surface area contributed by atoms with Gasteiger partial charge in [0.25, 0.3) is 0 Å². The zero-order chi connectivity index (χ0) is 46.5. The molecule has 0 aliphatic rings. The molecule has 3 N–H and O–H groups in total. The molecule has 372 valence electrons. The topological polar surface area (TPSA) is 117 Å². The summed E-state index contributed by atoms with van der Waals surface area (Å²) in [6.45, 7) is 4.79. The van der Waals surface area contributed by atoms with Gasteiger partial charge in [-0.2, -0.15) is 0 Å². The maximum Gasteiger partial charge on any atom is 0.472 e. The Kier molecular flexibility index (Phi) is 50.2. The lowest BCUT2D eigenvalue weighted by Crippen LogP contribution is -2.28. The van der Waals surface area contributed by atoms with Crippen LogP contribution in [0, 0.1) is 0 Å². The van der Waals surface area contributed by atoms with E-state index >= 15 is 0 Å². The number of carbonyl (C=O) groups is 1. The van der Waals surface area contributed by atoms with Gasteiger partial charge < -0.3 is 20.1 Å². The van der Waals surface area contributed by atoms with E-state index in [1.807, 2.05) is 0 Å². The molecule has 64 heavy (non-hydrogen) atoms. The Morgan fingerprint density at radius 2 is 0.875 bits per heavy atom. The van der Waals surface area contributed by atoms with E-state index in [1.54, 1.807) is 0 Å². The first-order chi connectivity index (χ1) is 31.4. The zero-order valence-electron chi connectivity index (χ0n) is 41.5. The number of allylic oxidation sites excluding steroid dienone is 12. The van der Waals surface area contributed by atoms with Crippen LogP contribution in [0.3, 0.4) is 0 Å². The zero-order valence-corrected chi connectivity index (χ0v) is 42.4. The molecule has 0 amide bonds. The second-order valence-corrected chi connectivity index (χ2v) is 18.8. The second kappa shape index (κ2) is 51.9. The normalized spacial score (nSPS) is 13.9. The molecule has 0 aliphatic carbocycles. The Labute approximate surface area is 395 Å². The minimum absolute atomic E-state index is 0.0947. The smallest absolute Gasteiger partial charge is 0.457 e. The van der Waals surface area contributed by atoms with Gasteiger partial charge in [0.05, 0.1) is 19.8 Å². The van der Waals surface area contributed by atoms with E-state index in [2.05, 4.69) is 86.8 Å². The Hall–Kier alpha value is -2.06. The lowest BCUT2D eigenvalue weighted by Gasteiger charge is -2.20. The number of hydrogen-bond acceptors (Lipinski definition) is 7. The van der Waals surface area contributed by atoms with E-state index in [-0.39, 0.29) is 32.3 Å². The summed E-state index contributed by atoms with van der Waals surface area (Å²) in [5, 5.41) is 0. The van der Waals surface area contributed by atoms with Gasteiger partial charge in [0, 0.05) is 19.6 Å². The number of phosphoric acid groups is 1. The monoisotopic (exact) mass is 918 g/mol. The van der Waals surface area contributed by atoms with Gasteiger partial charge in [-0.1, -0.05) is 215 Å². The van der Waals surface area contributed by atoms with E-state index in [1.165, 1.54) is 135 Å². The van der Waals surface area contributed by atoms with Crippen LogP contribution >= 0.6 is 7.82 Å². The predicted octanol–water partition coefficient (Wildman–Crippen LogP) is 16.6. The molecule has 9 heteroatoms. The van der Waals surface area contributed by atoms with Crippen molar-refractivity contribution in [1.82, 2.24) is 0 Å². The molecule has 2 unspecified atom stereocenters. The number of nitrogens with two attached hydrogens (primary N) is 1. The Morgan fingerprint density at radius 3 is 1.33 bits per heavy atom. The molecule has 0 rings (SSSR count). The molecule has 0 fully saturated rings. The van der Waals surface area contributed by atoms with E-state index in [0.29, 0.717) is 13.0 Å². The van der Waals surface area contributed by atoms with Gasteiger partial charge in [0.15, 0.2) is 0 Å². The number of ether oxygens (including phenoxy) is 2. The number of esters is 1. The lowest BCUT2D eigenvalue weighted by atomic mass is 10.0. The van der Waals surface area contributed by atoms with Gasteiger partial charge in [-0.3, -0.25) is 13.8 Å². The second-order valence-electron chi connectivity index (χ2n) is 17.4. The van der Waals surface area contributed by atoms with E-state index < -0.39 is 13.9 Å². The number of carbonyl (C=O) groups excluding carboxylic acids is 1. The van der Waals surface area contributed by atoms with Gasteiger partial charge >= 0.3 is 13.8 Å². The maximum absolute atomic E-state index is 12.7. The molecule has 2 atom stereocenters. The molecule has 0 bridgehead atoms. The molecule has 0 saturated carbocycles. The molecule has 0 radical (unpaired) electrons. The standard InChI is InChI=1S/C55H100NO7P/c1-3-5-7-9-11-13-15-17-19-21-23-25-27-28-30-32-34-36-38-40-42-44-46-48-55(57)63-54(53-62-64(58,59)61-51-49-56)52-60-50-47-45-43-41-39-37-35-33-31-29-26-24-22-20-18-16-14-12-10-8-6-4-2/h6,8,12,14,18,20-21,23-24,26,31,33,54H,3-5,7,9-11,13,15-17,19,22,25,27-30,32,34-53,56H2,1-2H3,(H,58,59)/b8-6-,14-12-,20-18-,23-21-,26-24-,33-31-. The predicted molar refractivity (Wildman–Crippen MR) is 275 cm³/mol. The first kappa shape index (κ1) is 61.9. The third-order valence-electron chi connectivity index (χ3n) is 11.1. The van der Waals surface area contributed by atoms with Crippen LogP contribution in [0.2, 0.25) is 0 Å². The highest BCUT2D eigenvalue weighted by Crippen LogP contribution is 2.43. The number of hydrogen-bond donors (Lipinski definition) is 2.